The minimum absolute atomic E-state index is 0.0919. The first kappa shape index (κ1) is 15.9. The number of hydrogen-bond acceptors (Lipinski definition) is 3. The van der Waals surface area contributed by atoms with E-state index in [0.717, 1.165) is 13.0 Å². The summed E-state index contributed by atoms with van der Waals surface area (Å²) >= 11 is 0. The molecule has 0 rings (SSSR count). The second-order valence-electron chi connectivity index (χ2n) is 4.83. The summed E-state index contributed by atoms with van der Waals surface area (Å²) in [6.45, 7) is 9.94. The van der Waals surface area contributed by atoms with Gasteiger partial charge in [0.1, 0.15) is 0 Å². The van der Waals surface area contributed by atoms with Crippen LogP contribution in [-0.2, 0) is 4.79 Å². The van der Waals surface area contributed by atoms with Gasteiger partial charge in [0.05, 0.1) is 19.0 Å². The van der Waals surface area contributed by atoms with Crippen molar-refractivity contribution in [2.45, 2.75) is 46.6 Å². The van der Waals surface area contributed by atoms with E-state index in [1.54, 1.807) is 4.90 Å². The van der Waals surface area contributed by atoms with Crippen molar-refractivity contribution in [3.63, 3.8) is 0 Å². The van der Waals surface area contributed by atoms with E-state index >= 15 is 0 Å². The maximum atomic E-state index is 12.0. The van der Waals surface area contributed by atoms with Crippen molar-refractivity contribution in [2.24, 2.45) is 5.92 Å². The van der Waals surface area contributed by atoms with Crippen LogP contribution in [0.1, 0.15) is 40.5 Å². The molecular weight excluding hydrogens is 214 g/mol. The van der Waals surface area contributed by atoms with E-state index in [-0.39, 0.29) is 5.91 Å². The lowest BCUT2D eigenvalue weighted by Gasteiger charge is -2.24. The van der Waals surface area contributed by atoms with Gasteiger partial charge in [0.2, 0.25) is 5.91 Å². The third kappa shape index (κ3) is 7.76. The van der Waals surface area contributed by atoms with Crippen LogP contribution in [0.25, 0.3) is 0 Å². The van der Waals surface area contributed by atoms with Gasteiger partial charge in [0.15, 0.2) is 0 Å². The molecule has 0 bridgehead atoms. The number of amides is 1. The van der Waals surface area contributed by atoms with Gasteiger partial charge in [-0.1, -0.05) is 20.8 Å². The van der Waals surface area contributed by atoms with E-state index in [1.165, 1.54) is 0 Å². The van der Waals surface area contributed by atoms with Crippen LogP contribution in [0.3, 0.4) is 0 Å². The monoisotopic (exact) mass is 239 g/mol. The predicted molar refractivity (Wildman–Crippen MR) is 69.4 cm³/mol. The van der Waals surface area contributed by atoms with Crippen LogP contribution in [0.5, 0.6) is 0 Å². The highest BCUT2D eigenvalue weighted by molar-refractivity contribution is 5.78. The third-order valence-corrected chi connectivity index (χ3v) is 2.65. The molecule has 1 unspecified atom stereocenters. The smallest absolute Gasteiger partial charge is 0.236 e. The minimum atomic E-state index is 0.0919. The Balaban J connectivity index is 4.17. The lowest BCUT2D eigenvalue weighted by atomic mass is 10.2. The maximum absolute atomic E-state index is 12.0. The summed E-state index contributed by atoms with van der Waals surface area (Å²) in [6.07, 6.45) is 1.41. The Kier molecular flexibility index (Phi) is 8.43. The molecular formula is C13H25N3O. The topological polar surface area (TPSA) is 56.1 Å². The Morgan fingerprint density at radius 1 is 1.41 bits per heavy atom. The highest BCUT2D eigenvalue weighted by atomic mass is 16.2. The molecule has 0 aliphatic rings. The van der Waals surface area contributed by atoms with Crippen LogP contribution < -0.4 is 5.32 Å². The highest BCUT2D eigenvalue weighted by Crippen LogP contribution is 2.01. The molecule has 17 heavy (non-hydrogen) atoms. The van der Waals surface area contributed by atoms with Gasteiger partial charge >= 0.3 is 0 Å². The molecule has 0 aliphatic heterocycles. The molecule has 0 aromatic carbocycles. The van der Waals surface area contributed by atoms with E-state index < -0.39 is 0 Å². The van der Waals surface area contributed by atoms with Crippen LogP contribution in [0.2, 0.25) is 0 Å². The minimum Gasteiger partial charge on any atom is -0.340 e. The molecule has 0 aromatic heterocycles. The van der Waals surface area contributed by atoms with Crippen molar-refractivity contribution < 1.29 is 4.79 Å². The van der Waals surface area contributed by atoms with Crippen molar-refractivity contribution in [1.29, 1.82) is 5.26 Å². The number of carbonyl (C=O) groups is 1. The molecule has 1 amide bonds. The third-order valence-electron chi connectivity index (χ3n) is 2.65. The zero-order valence-corrected chi connectivity index (χ0v) is 11.5. The van der Waals surface area contributed by atoms with Gasteiger partial charge in [-0.3, -0.25) is 4.79 Å². The first-order chi connectivity index (χ1) is 8.01. The molecule has 0 heterocycles. The van der Waals surface area contributed by atoms with Crippen molar-refractivity contribution >= 4 is 5.91 Å². The van der Waals surface area contributed by atoms with Gasteiger partial charge in [-0.2, -0.15) is 5.26 Å². The number of nitriles is 1. The van der Waals surface area contributed by atoms with E-state index in [0.29, 0.717) is 31.5 Å². The zero-order chi connectivity index (χ0) is 13.3. The Morgan fingerprint density at radius 2 is 2.06 bits per heavy atom. The van der Waals surface area contributed by atoms with Gasteiger partial charge in [-0.05, 0) is 19.3 Å². The lowest BCUT2D eigenvalue weighted by molar-refractivity contribution is -0.130. The molecule has 98 valence electrons. The van der Waals surface area contributed by atoms with Gasteiger partial charge < -0.3 is 10.2 Å². The number of carbonyl (C=O) groups excluding carboxylic acids is 1. The van der Waals surface area contributed by atoms with E-state index in [2.05, 4.69) is 39.1 Å². The fourth-order valence-corrected chi connectivity index (χ4v) is 1.46. The average molecular weight is 239 g/mol. The summed E-state index contributed by atoms with van der Waals surface area (Å²) < 4.78 is 0. The molecule has 4 nitrogen and oxygen atoms in total. The molecule has 1 N–H and O–H groups in total. The highest BCUT2D eigenvalue weighted by Gasteiger charge is 2.14. The van der Waals surface area contributed by atoms with Crippen molar-refractivity contribution in [1.82, 2.24) is 10.2 Å². The molecule has 0 aliphatic carbocycles. The summed E-state index contributed by atoms with van der Waals surface area (Å²) in [7, 11) is 0. The van der Waals surface area contributed by atoms with Crippen LogP contribution in [0.4, 0.5) is 0 Å². The van der Waals surface area contributed by atoms with Crippen molar-refractivity contribution in [3.05, 3.63) is 0 Å². The van der Waals surface area contributed by atoms with Crippen molar-refractivity contribution in [2.75, 3.05) is 19.6 Å². The second kappa shape index (κ2) is 9.00. The van der Waals surface area contributed by atoms with E-state index in [9.17, 15) is 4.79 Å². The number of nitrogens with zero attached hydrogens (tertiary/aromatic N) is 2. The van der Waals surface area contributed by atoms with Crippen LogP contribution in [-0.4, -0.2) is 36.5 Å². The van der Waals surface area contributed by atoms with E-state index in [1.807, 2.05) is 0 Å². The average Bonchev–Trinajstić information content (AvgIpc) is 2.30. The van der Waals surface area contributed by atoms with Crippen LogP contribution in [0.15, 0.2) is 0 Å². The molecule has 0 radical (unpaired) electrons. The summed E-state index contributed by atoms with van der Waals surface area (Å²) in [6, 6.07) is 2.45. The SMILES string of the molecule is CCC(C)NCC(=O)N(CCC#N)CC(C)C. The molecule has 0 saturated carbocycles. The van der Waals surface area contributed by atoms with E-state index in [4.69, 9.17) is 5.26 Å². The molecule has 0 aromatic rings. The fraction of sp³-hybridized carbons (Fsp3) is 0.846. The van der Waals surface area contributed by atoms with Crippen molar-refractivity contribution in [3.8, 4) is 6.07 Å². The second-order valence-corrected chi connectivity index (χ2v) is 4.83. The first-order valence-electron chi connectivity index (χ1n) is 6.39. The van der Waals surface area contributed by atoms with Gasteiger partial charge in [-0.15, -0.1) is 0 Å². The summed E-state index contributed by atoms with van der Waals surface area (Å²) in [5, 5.41) is 11.8. The largest absolute Gasteiger partial charge is 0.340 e. The lowest BCUT2D eigenvalue weighted by Crippen LogP contribution is -2.42. The normalized spacial score (nSPS) is 12.2. The summed E-state index contributed by atoms with van der Waals surface area (Å²) in [5.41, 5.74) is 0. The Morgan fingerprint density at radius 3 is 2.53 bits per heavy atom. The molecule has 1 atom stereocenters. The predicted octanol–water partition coefficient (Wildman–Crippen LogP) is 1.77. The Bertz CT molecular complexity index is 258. The molecule has 4 heteroatoms. The standard InChI is InChI=1S/C13H25N3O/c1-5-12(4)15-9-13(17)16(8-6-7-14)10-11(2)3/h11-12,15H,5-6,8-10H2,1-4H3. The Hall–Kier alpha value is -1.08. The van der Waals surface area contributed by atoms with Gasteiger partial charge in [0, 0.05) is 19.1 Å². The molecule has 0 saturated heterocycles. The number of hydrogen-bond donors (Lipinski definition) is 1. The van der Waals surface area contributed by atoms with Gasteiger partial charge in [0.25, 0.3) is 0 Å². The summed E-state index contributed by atoms with van der Waals surface area (Å²) in [5.74, 6) is 0.524. The first-order valence-corrected chi connectivity index (χ1v) is 6.39. The Labute approximate surface area is 105 Å². The summed E-state index contributed by atoms with van der Waals surface area (Å²) in [4.78, 5) is 13.7. The van der Waals surface area contributed by atoms with Crippen LogP contribution >= 0.6 is 0 Å². The number of nitrogens with one attached hydrogen (secondary N) is 1. The van der Waals surface area contributed by atoms with Gasteiger partial charge in [-0.25, -0.2) is 0 Å². The van der Waals surface area contributed by atoms with Crippen LogP contribution in [0, 0.1) is 17.2 Å². The quantitative estimate of drug-likeness (QED) is 0.702. The number of rotatable bonds is 8. The molecule has 0 spiro atoms. The zero-order valence-electron chi connectivity index (χ0n) is 11.5. The molecule has 0 fully saturated rings. The maximum Gasteiger partial charge on any atom is 0.236 e. The fourth-order valence-electron chi connectivity index (χ4n) is 1.46.